The van der Waals surface area contributed by atoms with Crippen molar-refractivity contribution in [3.63, 3.8) is 0 Å². The summed E-state index contributed by atoms with van der Waals surface area (Å²) in [5, 5.41) is 21.6. The van der Waals surface area contributed by atoms with Crippen molar-refractivity contribution in [2.75, 3.05) is 0 Å². The molecule has 0 spiro atoms. The van der Waals surface area contributed by atoms with E-state index in [1.807, 2.05) is 0 Å². The molecule has 2 heteroatoms. The molecular weight excluding hydrogens is 284 g/mol. The van der Waals surface area contributed by atoms with E-state index >= 15 is 0 Å². The third-order valence-corrected chi connectivity index (χ3v) is 9.49. The molecule has 2 N–H and O–H groups in total. The molecule has 23 heavy (non-hydrogen) atoms. The molecule has 4 aliphatic carbocycles. The molecule has 0 radical (unpaired) electrons. The Kier molecular flexibility index (Phi) is 3.71. The van der Waals surface area contributed by atoms with Crippen LogP contribution in [0.2, 0.25) is 0 Å². The minimum atomic E-state index is -0.854. The van der Waals surface area contributed by atoms with E-state index in [4.69, 9.17) is 0 Å². The van der Waals surface area contributed by atoms with Crippen LogP contribution in [0.5, 0.6) is 0 Å². The quantitative estimate of drug-likeness (QED) is 0.745. The van der Waals surface area contributed by atoms with Crippen LogP contribution in [0.15, 0.2) is 0 Å². The monoisotopic (exact) mass is 320 g/mol. The summed E-state index contributed by atoms with van der Waals surface area (Å²) in [6.07, 6.45) is 12.3. The van der Waals surface area contributed by atoms with E-state index < -0.39 is 11.7 Å². The molecule has 0 unspecified atom stereocenters. The second-order valence-electron chi connectivity index (χ2n) is 10.00. The summed E-state index contributed by atoms with van der Waals surface area (Å²) in [7, 11) is 0. The van der Waals surface area contributed by atoms with Crippen LogP contribution in [0.4, 0.5) is 0 Å². The highest BCUT2D eigenvalue weighted by Crippen LogP contribution is 2.68. The van der Waals surface area contributed by atoms with E-state index in [9.17, 15) is 10.2 Å². The summed E-state index contributed by atoms with van der Waals surface area (Å²) in [6.45, 7) is 6.70. The lowest BCUT2D eigenvalue weighted by atomic mass is 9.44. The molecule has 4 rings (SSSR count). The Labute approximate surface area is 142 Å². The van der Waals surface area contributed by atoms with Crippen LogP contribution in [0, 0.1) is 34.5 Å². The van der Waals surface area contributed by atoms with Crippen LogP contribution < -0.4 is 0 Å². The normalized spacial score (nSPS) is 57.3. The van der Waals surface area contributed by atoms with Gasteiger partial charge in [0.25, 0.3) is 0 Å². The smallest absolute Gasteiger partial charge is 0.0958 e. The first-order valence-corrected chi connectivity index (χ1v) is 10.2. The van der Waals surface area contributed by atoms with Gasteiger partial charge in [0.05, 0.1) is 11.7 Å². The van der Waals surface area contributed by atoms with Crippen molar-refractivity contribution in [3.05, 3.63) is 0 Å². The van der Waals surface area contributed by atoms with Crippen molar-refractivity contribution in [3.8, 4) is 0 Å². The van der Waals surface area contributed by atoms with Gasteiger partial charge in [-0.25, -0.2) is 0 Å². The van der Waals surface area contributed by atoms with Gasteiger partial charge in [-0.3, -0.25) is 0 Å². The number of hydrogen-bond donors (Lipinski definition) is 2. The first-order valence-electron chi connectivity index (χ1n) is 10.2. The van der Waals surface area contributed by atoms with Crippen molar-refractivity contribution in [2.45, 2.75) is 96.7 Å². The molecular formula is C21H36O2. The Morgan fingerprint density at radius 3 is 2.35 bits per heavy atom. The average molecular weight is 321 g/mol. The fraction of sp³-hybridized carbons (Fsp3) is 1.00. The topological polar surface area (TPSA) is 40.5 Å². The van der Waals surface area contributed by atoms with E-state index in [1.165, 1.54) is 44.9 Å². The minimum absolute atomic E-state index is 0.0692. The zero-order valence-electron chi connectivity index (χ0n) is 15.4. The number of aliphatic hydroxyl groups excluding tert-OH is 1. The van der Waals surface area contributed by atoms with Crippen LogP contribution in [0.25, 0.3) is 0 Å². The average Bonchev–Trinajstić information content (AvgIpc) is 2.80. The molecule has 4 aliphatic rings. The molecule has 4 saturated carbocycles. The lowest BCUT2D eigenvalue weighted by Gasteiger charge is -2.61. The number of hydrogen-bond acceptors (Lipinski definition) is 2. The highest BCUT2D eigenvalue weighted by molar-refractivity contribution is 5.15. The maximum atomic E-state index is 11.3. The van der Waals surface area contributed by atoms with Crippen LogP contribution >= 0.6 is 0 Å². The van der Waals surface area contributed by atoms with E-state index in [2.05, 4.69) is 13.8 Å². The lowest BCUT2D eigenvalue weighted by molar-refractivity contribution is -0.183. The summed E-state index contributed by atoms with van der Waals surface area (Å²) in [5.41, 5.74) is -0.360. The Hall–Kier alpha value is -0.0800. The van der Waals surface area contributed by atoms with E-state index in [0.717, 1.165) is 37.0 Å². The molecule has 132 valence electrons. The van der Waals surface area contributed by atoms with Gasteiger partial charge in [0.2, 0.25) is 0 Å². The molecule has 0 aromatic carbocycles. The molecule has 2 nitrogen and oxygen atoms in total. The molecule has 0 aliphatic heterocycles. The summed E-state index contributed by atoms with van der Waals surface area (Å²) < 4.78 is 0. The Bertz CT molecular complexity index is 474. The van der Waals surface area contributed by atoms with Gasteiger partial charge in [-0.2, -0.15) is 0 Å². The molecule has 0 aromatic rings. The fourth-order valence-corrected chi connectivity index (χ4v) is 8.03. The first-order chi connectivity index (χ1) is 10.8. The van der Waals surface area contributed by atoms with Crippen molar-refractivity contribution >= 4 is 0 Å². The second-order valence-corrected chi connectivity index (χ2v) is 10.00. The molecule has 0 amide bonds. The van der Waals surface area contributed by atoms with Gasteiger partial charge in [0.1, 0.15) is 0 Å². The molecule has 0 saturated heterocycles. The lowest BCUT2D eigenvalue weighted by Crippen LogP contribution is -2.58. The summed E-state index contributed by atoms with van der Waals surface area (Å²) >= 11 is 0. The highest BCUT2D eigenvalue weighted by Gasteiger charge is 2.65. The van der Waals surface area contributed by atoms with Gasteiger partial charge in [-0.1, -0.05) is 26.7 Å². The predicted octanol–water partition coefficient (Wildman–Crippen LogP) is 4.53. The van der Waals surface area contributed by atoms with E-state index in [1.54, 1.807) is 6.92 Å². The standard InChI is InChI=1S/C21H36O2/c1-14(22)21(23)13-10-18-16-8-7-15-6-4-5-11-19(15,2)17(16)9-12-20(18,21)3/h14-18,22-23H,4-13H2,1-3H3/t14-,15-,16-,17+,18+,19+,20+,21+/m1/s1. The van der Waals surface area contributed by atoms with Gasteiger partial charge >= 0.3 is 0 Å². The maximum Gasteiger partial charge on any atom is 0.0958 e. The largest absolute Gasteiger partial charge is 0.390 e. The minimum Gasteiger partial charge on any atom is -0.390 e. The summed E-state index contributed by atoms with van der Waals surface area (Å²) in [5.74, 6) is 3.25. The summed E-state index contributed by atoms with van der Waals surface area (Å²) in [4.78, 5) is 0. The van der Waals surface area contributed by atoms with Gasteiger partial charge in [-0.05, 0) is 87.4 Å². The van der Waals surface area contributed by atoms with Gasteiger partial charge in [0.15, 0.2) is 0 Å². The molecule has 0 bridgehead atoms. The first kappa shape index (κ1) is 16.4. The second kappa shape index (κ2) is 5.21. The number of rotatable bonds is 1. The van der Waals surface area contributed by atoms with Crippen LogP contribution in [-0.2, 0) is 0 Å². The number of fused-ring (bicyclic) bond motifs is 5. The van der Waals surface area contributed by atoms with Gasteiger partial charge in [0, 0.05) is 5.41 Å². The van der Waals surface area contributed by atoms with Crippen LogP contribution in [0.1, 0.15) is 85.0 Å². The van der Waals surface area contributed by atoms with Crippen molar-refractivity contribution < 1.29 is 10.2 Å². The van der Waals surface area contributed by atoms with E-state index in [0.29, 0.717) is 11.3 Å². The molecule has 4 fully saturated rings. The fourth-order valence-electron chi connectivity index (χ4n) is 8.03. The molecule has 0 heterocycles. The van der Waals surface area contributed by atoms with Crippen molar-refractivity contribution in [1.82, 2.24) is 0 Å². The zero-order valence-corrected chi connectivity index (χ0v) is 15.4. The Morgan fingerprint density at radius 1 is 0.870 bits per heavy atom. The Balaban J connectivity index is 1.65. The Morgan fingerprint density at radius 2 is 1.61 bits per heavy atom. The third-order valence-electron chi connectivity index (χ3n) is 9.49. The van der Waals surface area contributed by atoms with E-state index in [-0.39, 0.29) is 5.41 Å². The molecule has 8 atom stereocenters. The van der Waals surface area contributed by atoms with Gasteiger partial charge in [-0.15, -0.1) is 0 Å². The zero-order chi connectivity index (χ0) is 16.5. The van der Waals surface area contributed by atoms with Crippen molar-refractivity contribution in [1.29, 1.82) is 0 Å². The third kappa shape index (κ3) is 2.00. The SMILES string of the molecule is C[C@@H](O)[C@@]1(O)CC[C@H]2[C@@H]3CC[C@H]4CCCC[C@]4(C)[C@H]3CC[C@@]21C. The van der Waals surface area contributed by atoms with Crippen LogP contribution in [0.3, 0.4) is 0 Å². The van der Waals surface area contributed by atoms with Crippen LogP contribution in [-0.4, -0.2) is 21.9 Å². The van der Waals surface area contributed by atoms with Gasteiger partial charge < -0.3 is 10.2 Å². The molecule has 0 aromatic heterocycles. The highest BCUT2D eigenvalue weighted by atomic mass is 16.3. The number of aliphatic hydroxyl groups is 2. The maximum absolute atomic E-state index is 11.3. The van der Waals surface area contributed by atoms with Crippen molar-refractivity contribution in [2.24, 2.45) is 34.5 Å². The summed E-state index contributed by atoms with van der Waals surface area (Å²) in [6, 6.07) is 0. The predicted molar refractivity (Wildman–Crippen MR) is 93.0 cm³/mol.